The van der Waals surface area contributed by atoms with Crippen LogP contribution in [-0.4, -0.2) is 37.5 Å². The minimum absolute atomic E-state index is 0.797. The minimum Gasteiger partial charge on any atom is -0.331 e. The molecule has 0 aliphatic heterocycles. The molecule has 0 bridgehead atoms. The Bertz CT molecular complexity index is 224. The van der Waals surface area contributed by atoms with Crippen LogP contribution < -0.4 is 0 Å². The Hall–Kier alpha value is 0.0969. The average Bonchev–Trinajstić information content (AvgIpc) is 2.59. The van der Waals surface area contributed by atoms with E-state index in [1.165, 1.54) is 77.0 Å². The highest BCUT2D eigenvalue weighted by molar-refractivity contribution is 6.08. The third kappa shape index (κ3) is 13.1. The lowest BCUT2D eigenvalue weighted by Crippen LogP contribution is -2.35. The molecule has 0 aliphatic carbocycles. The number of hydrogen-bond acceptors (Lipinski definition) is 3. The van der Waals surface area contributed by atoms with Gasteiger partial charge < -0.3 is 14.2 Å². The summed E-state index contributed by atoms with van der Waals surface area (Å²) in [4.78, 5) is 0. The zero-order valence-corrected chi connectivity index (χ0v) is 16.8. The van der Waals surface area contributed by atoms with Crippen LogP contribution in [-0.2, 0) is 14.2 Å². The van der Waals surface area contributed by atoms with Gasteiger partial charge in [-0.2, -0.15) is 0 Å². The Kier molecular flexibility index (Phi) is 17.0. The van der Waals surface area contributed by atoms with Crippen molar-refractivity contribution < 1.29 is 14.2 Å². The molecule has 0 fully saturated rings. The van der Waals surface area contributed by atoms with Gasteiger partial charge >= 0.3 is 0 Å². The van der Waals surface area contributed by atoms with Crippen molar-refractivity contribution in [3.63, 3.8) is 0 Å². The molecule has 0 unspecified atom stereocenters. The fraction of sp³-hybridized carbons (Fsp3) is 1.00. The topological polar surface area (TPSA) is 27.7 Å². The van der Waals surface area contributed by atoms with Crippen LogP contribution in [0.4, 0.5) is 0 Å². The summed E-state index contributed by atoms with van der Waals surface area (Å²) >= 11 is 0. The van der Waals surface area contributed by atoms with E-state index in [1.54, 1.807) is 21.3 Å². The number of rotatable bonds is 18. The Labute approximate surface area is 148 Å². The van der Waals surface area contributed by atoms with E-state index in [4.69, 9.17) is 14.2 Å². The molecule has 3 nitrogen and oxygen atoms in total. The van der Waals surface area contributed by atoms with Crippen molar-refractivity contribution >= 4 is 10.2 Å². The van der Waals surface area contributed by atoms with E-state index in [1.807, 2.05) is 0 Å². The maximum atomic E-state index is 5.30. The van der Waals surface area contributed by atoms with Gasteiger partial charge in [0.05, 0.1) is 0 Å². The predicted octanol–water partition coefficient (Wildman–Crippen LogP) is 5.63. The van der Waals surface area contributed by atoms with Gasteiger partial charge in [-0.05, 0) is 6.42 Å². The highest BCUT2D eigenvalue weighted by Gasteiger charge is 2.28. The lowest BCUT2D eigenvalue weighted by molar-refractivity contribution is -0.355. The van der Waals surface area contributed by atoms with Crippen LogP contribution in [0.2, 0.25) is 6.04 Å². The molecule has 0 aliphatic rings. The lowest BCUT2D eigenvalue weighted by Gasteiger charge is -2.28. The number of ether oxygens (including phenoxy) is 3. The second-order valence-corrected chi connectivity index (χ2v) is 6.89. The molecule has 0 amide bonds. The van der Waals surface area contributed by atoms with Gasteiger partial charge in [-0.15, -0.1) is 0 Å². The van der Waals surface area contributed by atoms with Crippen molar-refractivity contribution in [3.8, 4) is 0 Å². The third-order valence-corrected chi connectivity index (χ3v) is 4.95. The summed E-state index contributed by atoms with van der Waals surface area (Å²) in [5.74, 6) is -0.839. The highest BCUT2D eigenvalue weighted by atomic mass is 28.1. The van der Waals surface area contributed by atoms with E-state index in [9.17, 15) is 0 Å². The molecule has 0 aromatic rings. The molecule has 0 saturated heterocycles. The zero-order valence-electron chi connectivity index (χ0n) is 15.8. The molecule has 0 heterocycles. The van der Waals surface area contributed by atoms with Crippen molar-refractivity contribution in [1.29, 1.82) is 0 Å². The predicted molar refractivity (Wildman–Crippen MR) is 99.0 cm³/mol. The van der Waals surface area contributed by atoms with Crippen LogP contribution in [0.3, 0.4) is 0 Å². The van der Waals surface area contributed by atoms with E-state index >= 15 is 0 Å². The fourth-order valence-electron chi connectivity index (χ4n) is 2.97. The van der Waals surface area contributed by atoms with E-state index in [0.717, 1.165) is 18.9 Å². The van der Waals surface area contributed by atoms with Crippen molar-refractivity contribution in [1.82, 2.24) is 0 Å². The highest BCUT2D eigenvalue weighted by Crippen LogP contribution is 2.21. The summed E-state index contributed by atoms with van der Waals surface area (Å²) < 4.78 is 15.9. The van der Waals surface area contributed by atoms with Gasteiger partial charge in [0.15, 0.2) is 0 Å². The number of hydrogen-bond donors (Lipinski definition) is 0. The molecule has 3 radical (unpaired) electrons. The lowest BCUT2D eigenvalue weighted by atomic mass is 10.0. The van der Waals surface area contributed by atoms with Gasteiger partial charge in [-0.1, -0.05) is 83.1 Å². The standard InChI is InChI=1S/C19H39O3Si/c1-20-19(21-2,22-3)17-15-13-11-9-7-5-4-6-8-10-12-14-16-18-23/h4-18H2,1-3H3. The summed E-state index contributed by atoms with van der Waals surface area (Å²) in [7, 11) is 8.43. The van der Waals surface area contributed by atoms with Gasteiger partial charge in [-0.3, -0.25) is 0 Å². The fourth-order valence-corrected chi connectivity index (χ4v) is 3.22. The van der Waals surface area contributed by atoms with Crippen molar-refractivity contribution in [2.45, 2.75) is 102 Å². The van der Waals surface area contributed by atoms with Crippen LogP contribution in [0.15, 0.2) is 0 Å². The van der Waals surface area contributed by atoms with Gasteiger partial charge in [0.2, 0.25) is 0 Å². The molecule has 0 aromatic carbocycles. The van der Waals surface area contributed by atoms with Crippen LogP contribution in [0.1, 0.15) is 89.9 Å². The third-order valence-electron chi connectivity index (χ3n) is 4.59. The van der Waals surface area contributed by atoms with Crippen molar-refractivity contribution in [2.24, 2.45) is 0 Å². The van der Waals surface area contributed by atoms with Gasteiger partial charge in [0, 0.05) is 38.0 Å². The first-order chi connectivity index (χ1) is 11.2. The van der Waals surface area contributed by atoms with E-state index in [2.05, 4.69) is 10.2 Å². The molecule has 0 atom stereocenters. The van der Waals surface area contributed by atoms with Crippen molar-refractivity contribution in [2.75, 3.05) is 21.3 Å². The monoisotopic (exact) mass is 343 g/mol. The smallest absolute Gasteiger partial charge is 0.282 e. The van der Waals surface area contributed by atoms with Gasteiger partial charge in [-0.25, -0.2) is 0 Å². The first kappa shape index (κ1) is 23.1. The summed E-state index contributed by atoms with van der Waals surface area (Å²) in [6.45, 7) is 0. The maximum absolute atomic E-state index is 5.30. The molecular weight excluding hydrogens is 304 g/mol. The Morgan fingerprint density at radius 3 is 1.13 bits per heavy atom. The van der Waals surface area contributed by atoms with E-state index in [-0.39, 0.29) is 0 Å². The SMILES string of the molecule is COC(CCCCCCCCCCCCCCC[Si])(OC)OC. The van der Waals surface area contributed by atoms with Crippen molar-refractivity contribution in [3.05, 3.63) is 0 Å². The normalized spacial score (nSPS) is 12.0. The Balaban J connectivity index is 3.25. The largest absolute Gasteiger partial charge is 0.331 e. The molecule has 0 aromatic heterocycles. The van der Waals surface area contributed by atoms with Gasteiger partial charge in [0.1, 0.15) is 0 Å². The minimum atomic E-state index is -0.839. The van der Waals surface area contributed by atoms with Crippen LogP contribution in [0.25, 0.3) is 0 Å². The van der Waals surface area contributed by atoms with E-state index in [0.29, 0.717) is 0 Å². The van der Waals surface area contributed by atoms with Crippen LogP contribution >= 0.6 is 0 Å². The molecule has 4 heteroatoms. The van der Waals surface area contributed by atoms with E-state index < -0.39 is 5.97 Å². The van der Waals surface area contributed by atoms with Crippen LogP contribution in [0.5, 0.6) is 0 Å². The first-order valence-corrected chi connectivity index (χ1v) is 10.3. The second-order valence-electron chi connectivity index (χ2n) is 6.39. The zero-order chi connectivity index (χ0) is 17.2. The maximum Gasteiger partial charge on any atom is 0.282 e. The molecule has 0 N–H and O–H groups in total. The Morgan fingerprint density at radius 1 is 0.522 bits per heavy atom. The summed E-state index contributed by atoms with van der Waals surface area (Å²) in [5, 5.41) is 0. The summed E-state index contributed by atoms with van der Waals surface area (Å²) in [5.41, 5.74) is 0. The second kappa shape index (κ2) is 16.9. The van der Waals surface area contributed by atoms with Crippen LogP contribution in [0, 0.1) is 0 Å². The van der Waals surface area contributed by atoms with Gasteiger partial charge in [0.25, 0.3) is 5.97 Å². The first-order valence-electron chi connectivity index (χ1n) is 9.54. The molecular formula is C19H39O3Si. The number of unbranched alkanes of at least 4 members (excludes halogenated alkanes) is 12. The molecule has 0 saturated carbocycles. The molecule has 0 rings (SSSR count). The number of methoxy groups -OCH3 is 3. The summed E-state index contributed by atoms with van der Waals surface area (Å²) in [6, 6.07) is 1.16. The molecule has 23 heavy (non-hydrogen) atoms. The average molecular weight is 344 g/mol. The quantitative estimate of drug-likeness (QED) is 0.183. The Morgan fingerprint density at radius 2 is 0.826 bits per heavy atom. The summed E-state index contributed by atoms with van der Waals surface area (Å²) in [6.07, 6.45) is 18.4. The molecule has 137 valence electrons. The molecule has 0 spiro atoms.